The molecular weight excluding hydrogens is 398 g/mol. The number of aromatic nitrogens is 1. The fourth-order valence-corrected chi connectivity index (χ4v) is 3.80. The molecule has 0 aliphatic heterocycles. The Bertz CT molecular complexity index is 1070. The first-order valence-corrected chi connectivity index (χ1v) is 10.5. The summed E-state index contributed by atoms with van der Waals surface area (Å²) >= 11 is 1.41. The third-order valence-electron chi connectivity index (χ3n) is 4.63. The van der Waals surface area contributed by atoms with E-state index >= 15 is 0 Å². The molecule has 3 rings (SSSR count). The van der Waals surface area contributed by atoms with E-state index in [0.717, 1.165) is 11.1 Å². The van der Waals surface area contributed by atoms with Gasteiger partial charge < -0.3 is 14.6 Å². The van der Waals surface area contributed by atoms with E-state index in [4.69, 9.17) is 4.74 Å². The van der Waals surface area contributed by atoms with Crippen LogP contribution < -0.4 is 14.9 Å². The molecule has 0 saturated heterocycles. The van der Waals surface area contributed by atoms with Crippen molar-refractivity contribution in [2.24, 2.45) is 4.99 Å². The molecule has 30 heavy (non-hydrogen) atoms. The number of hydrogen-bond donors (Lipinski definition) is 1. The van der Waals surface area contributed by atoms with Gasteiger partial charge in [0, 0.05) is 25.0 Å². The number of benzene rings is 2. The van der Waals surface area contributed by atoms with Crippen LogP contribution in [-0.2, 0) is 16.1 Å². The van der Waals surface area contributed by atoms with E-state index in [2.05, 4.69) is 41.5 Å². The third kappa shape index (κ3) is 5.90. The fraction of sp³-hybridized carbons (Fsp3) is 0.261. The van der Waals surface area contributed by atoms with Crippen LogP contribution in [0.3, 0.4) is 0 Å². The number of carbonyl (C=O) groups is 2. The summed E-state index contributed by atoms with van der Waals surface area (Å²) in [4.78, 5) is 29.3. The normalized spacial score (nSPS) is 12.4. The Kier molecular flexibility index (Phi) is 7.19. The second kappa shape index (κ2) is 10.0. The minimum atomic E-state index is -0.449. The molecule has 0 aliphatic rings. The summed E-state index contributed by atoms with van der Waals surface area (Å²) in [6, 6.07) is 15.1. The smallest absolute Gasteiger partial charge is 0.250 e. The summed E-state index contributed by atoms with van der Waals surface area (Å²) in [7, 11) is 1.59. The zero-order chi connectivity index (χ0) is 21.5. The lowest BCUT2D eigenvalue weighted by atomic mass is 10.0. The summed E-state index contributed by atoms with van der Waals surface area (Å²) in [5, 5.41) is 4.75. The van der Waals surface area contributed by atoms with E-state index in [0.29, 0.717) is 17.1 Å². The van der Waals surface area contributed by atoms with Crippen molar-refractivity contribution in [3.8, 4) is 5.75 Å². The summed E-state index contributed by atoms with van der Waals surface area (Å²) < 4.78 is 7.13. The van der Waals surface area contributed by atoms with Gasteiger partial charge in [-0.25, -0.2) is 0 Å². The predicted molar refractivity (Wildman–Crippen MR) is 117 cm³/mol. The maximum Gasteiger partial charge on any atom is 0.250 e. The number of carbonyl (C=O) groups excluding carboxylic acids is 2. The zero-order valence-corrected chi connectivity index (χ0v) is 18.1. The molecule has 0 bridgehead atoms. The van der Waals surface area contributed by atoms with Gasteiger partial charge in [0.15, 0.2) is 4.80 Å². The molecule has 2 aromatic carbocycles. The molecule has 0 radical (unpaired) electrons. The van der Waals surface area contributed by atoms with E-state index < -0.39 is 6.04 Å². The first-order chi connectivity index (χ1) is 14.4. The SMILES string of the molecule is COc1ccc(C(CC(=O)N=c2sccn2Cc2ccc(C)cc2)NC(C)=O)cc1. The van der Waals surface area contributed by atoms with E-state index in [1.807, 2.05) is 28.3 Å². The monoisotopic (exact) mass is 423 g/mol. The van der Waals surface area contributed by atoms with E-state index in [1.165, 1.54) is 23.8 Å². The van der Waals surface area contributed by atoms with Crippen LogP contribution in [0.4, 0.5) is 0 Å². The zero-order valence-electron chi connectivity index (χ0n) is 17.3. The van der Waals surface area contributed by atoms with Gasteiger partial charge in [0.25, 0.3) is 5.91 Å². The number of nitrogens with one attached hydrogen (secondary N) is 1. The van der Waals surface area contributed by atoms with Crippen molar-refractivity contribution >= 4 is 23.2 Å². The first-order valence-electron chi connectivity index (χ1n) is 9.62. The van der Waals surface area contributed by atoms with Crippen molar-refractivity contribution in [1.82, 2.24) is 9.88 Å². The first kappa shape index (κ1) is 21.5. The molecule has 1 atom stereocenters. The average molecular weight is 424 g/mol. The molecule has 1 unspecified atom stereocenters. The molecule has 7 heteroatoms. The van der Waals surface area contributed by atoms with Crippen molar-refractivity contribution in [3.63, 3.8) is 0 Å². The molecule has 2 amide bonds. The van der Waals surface area contributed by atoms with Crippen LogP contribution in [0.25, 0.3) is 0 Å². The topological polar surface area (TPSA) is 72.7 Å². The largest absolute Gasteiger partial charge is 0.497 e. The molecule has 1 aromatic heterocycles. The van der Waals surface area contributed by atoms with E-state index in [-0.39, 0.29) is 18.2 Å². The highest BCUT2D eigenvalue weighted by molar-refractivity contribution is 7.07. The molecule has 1 N–H and O–H groups in total. The van der Waals surface area contributed by atoms with Gasteiger partial charge in [-0.15, -0.1) is 11.3 Å². The van der Waals surface area contributed by atoms with Crippen molar-refractivity contribution in [1.29, 1.82) is 0 Å². The Balaban J connectivity index is 1.77. The van der Waals surface area contributed by atoms with Crippen LogP contribution in [0.1, 0.15) is 36.1 Å². The summed E-state index contributed by atoms with van der Waals surface area (Å²) in [6.07, 6.45) is 2.00. The van der Waals surface area contributed by atoms with Gasteiger partial charge in [-0.05, 0) is 30.2 Å². The minimum Gasteiger partial charge on any atom is -0.497 e. The van der Waals surface area contributed by atoms with Gasteiger partial charge in [0.1, 0.15) is 5.75 Å². The Labute approximate surface area is 179 Å². The second-order valence-electron chi connectivity index (χ2n) is 7.04. The molecular formula is C23H25N3O3S. The van der Waals surface area contributed by atoms with Gasteiger partial charge in [-0.3, -0.25) is 9.59 Å². The van der Waals surface area contributed by atoms with Crippen LogP contribution in [0, 0.1) is 6.92 Å². The second-order valence-corrected chi connectivity index (χ2v) is 7.91. The van der Waals surface area contributed by atoms with Crippen molar-refractivity contribution in [3.05, 3.63) is 81.6 Å². The number of ether oxygens (including phenoxy) is 1. The molecule has 0 saturated carbocycles. The van der Waals surface area contributed by atoms with Crippen LogP contribution >= 0.6 is 11.3 Å². The quantitative estimate of drug-likeness (QED) is 0.631. The lowest BCUT2D eigenvalue weighted by Gasteiger charge is -2.17. The molecule has 0 fully saturated rings. The number of methoxy groups -OCH3 is 1. The molecule has 156 valence electrons. The highest BCUT2D eigenvalue weighted by Gasteiger charge is 2.17. The maximum atomic E-state index is 12.7. The Morgan fingerprint density at radius 2 is 1.83 bits per heavy atom. The molecule has 3 aromatic rings. The number of nitrogens with zero attached hydrogens (tertiary/aromatic N) is 2. The minimum absolute atomic E-state index is 0.0777. The summed E-state index contributed by atoms with van der Waals surface area (Å²) in [6.45, 7) is 4.13. The van der Waals surface area contributed by atoms with Crippen LogP contribution in [0.15, 0.2) is 65.1 Å². The standard InChI is InChI=1S/C23H25N3O3S/c1-16-4-6-18(7-5-16)15-26-12-13-30-23(26)25-22(28)14-21(24-17(2)27)19-8-10-20(29-3)11-9-19/h4-13,21H,14-15H2,1-3H3,(H,24,27). The van der Waals surface area contributed by atoms with Gasteiger partial charge in [-0.2, -0.15) is 4.99 Å². The fourth-order valence-electron chi connectivity index (χ4n) is 3.06. The molecule has 0 aliphatic carbocycles. The lowest BCUT2D eigenvalue weighted by Crippen LogP contribution is -2.28. The lowest BCUT2D eigenvalue weighted by molar-refractivity contribution is -0.121. The maximum absolute atomic E-state index is 12.7. The van der Waals surface area contributed by atoms with Crippen molar-refractivity contribution < 1.29 is 14.3 Å². The number of thiazole rings is 1. The Morgan fingerprint density at radius 1 is 1.13 bits per heavy atom. The third-order valence-corrected chi connectivity index (χ3v) is 5.42. The van der Waals surface area contributed by atoms with Crippen molar-refractivity contribution in [2.45, 2.75) is 32.9 Å². The Hall–Kier alpha value is -3.19. The molecule has 0 spiro atoms. The highest BCUT2D eigenvalue weighted by atomic mass is 32.1. The van der Waals surface area contributed by atoms with Crippen molar-refractivity contribution in [2.75, 3.05) is 7.11 Å². The highest BCUT2D eigenvalue weighted by Crippen LogP contribution is 2.21. The summed E-state index contributed by atoms with van der Waals surface area (Å²) in [5.41, 5.74) is 3.17. The van der Waals surface area contributed by atoms with E-state index in [9.17, 15) is 9.59 Å². The van der Waals surface area contributed by atoms with Gasteiger partial charge in [0.05, 0.1) is 19.6 Å². The number of aryl methyl sites for hydroxylation is 1. The molecule has 1 heterocycles. The number of hydrogen-bond acceptors (Lipinski definition) is 4. The Morgan fingerprint density at radius 3 is 2.47 bits per heavy atom. The van der Waals surface area contributed by atoms with E-state index in [1.54, 1.807) is 19.2 Å². The average Bonchev–Trinajstić information content (AvgIpc) is 3.15. The predicted octanol–water partition coefficient (Wildman–Crippen LogP) is 3.61. The summed E-state index contributed by atoms with van der Waals surface area (Å²) in [5.74, 6) is 0.228. The van der Waals surface area contributed by atoms with Crippen LogP contribution in [0.5, 0.6) is 5.75 Å². The van der Waals surface area contributed by atoms with Gasteiger partial charge >= 0.3 is 0 Å². The number of rotatable bonds is 7. The van der Waals surface area contributed by atoms with Crippen LogP contribution in [-0.4, -0.2) is 23.5 Å². The van der Waals surface area contributed by atoms with Gasteiger partial charge in [0.2, 0.25) is 5.91 Å². The molecule has 6 nitrogen and oxygen atoms in total. The number of amides is 2. The van der Waals surface area contributed by atoms with Crippen LogP contribution in [0.2, 0.25) is 0 Å². The van der Waals surface area contributed by atoms with Gasteiger partial charge in [-0.1, -0.05) is 42.0 Å².